The van der Waals surface area contributed by atoms with E-state index in [1.165, 1.54) is 0 Å². The Morgan fingerprint density at radius 3 is 3.10 bits per heavy atom. The molecule has 1 N–H and O–H groups in total. The molecule has 2 rings (SSSR count). The maximum absolute atomic E-state index is 11.9. The summed E-state index contributed by atoms with van der Waals surface area (Å²) in [5.74, 6) is 1.08. The third kappa shape index (κ3) is 4.37. The van der Waals surface area contributed by atoms with Gasteiger partial charge in [0.25, 0.3) is 0 Å². The Hall–Kier alpha value is -1.84. The summed E-state index contributed by atoms with van der Waals surface area (Å²) in [6.45, 7) is 4.39. The lowest BCUT2D eigenvalue weighted by molar-refractivity contribution is -0.121. The zero-order chi connectivity index (χ0) is 14.4. The van der Waals surface area contributed by atoms with Gasteiger partial charge in [0, 0.05) is 24.7 Å². The summed E-state index contributed by atoms with van der Waals surface area (Å²) in [5, 5.41) is 2.95. The first-order chi connectivity index (χ1) is 9.65. The van der Waals surface area contributed by atoms with Gasteiger partial charge in [-0.3, -0.25) is 4.79 Å². The molecule has 1 aromatic rings. The van der Waals surface area contributed by atoms with Gasteiger partial charge in [-0.05, 0) is 38.7 Å². The quantitative estimate of drug-likeness (QED) is 0.812. The molecule has 0 fully saturated rings. The smallest absolute Gasteiger partial charge is 0.220 e. The van der Waals surface area contributed by atoms with Gasteiger partial charge in [-0.2, -0.15) is 0 Å². The summed E-state index contributed by atoms with van der Waals surface area (Å²) in [6, 6.07) is 3.79. The number of aromatic nitrogens is 1. The van der Waals surface area contributed by atoms with Gasteiger partial charge in [0.1, 0.15) is 0 Å². The zero-order valence-electron chi connectivity index (χ0n) is 12.1. The molecule has 1 aliphatic rings. The normalized spacial score (nSPS) is 17.4. The van der Waals surface area contributed by atoms with Crippen LogP contribution in [0.1, 0.15) is 38.7 Å². The van der Waals surface area contributed by atoms with Crippen LogP contribution in [0, 0.1) is 5.92 Å². The Morgan fingerprint density at radius 1 is 1.55 bits per heavy atom. The van der Waals surface area contributed by atoms with E-state index in [-0.39, 0.29) is 12.0 Å². The molecule has 0 spiro atoms. The average molecular weight is 274 g/mol. The number of nitrogens with one attached hydrogen (secondary N) is 1. The molecule has 0 saturated heterocycles. The lowest BCUT2D eigenvalue weighted by Gasteiger charge is -2.14. The van der Waals surface area contributed by atoms with Crippen molar-refractivity contribution in [2.24, 2.45) is 5.92 Å². The van der Waals surface area contributed by atoms with E-state index in [0.29, 0.717) is 24.8 Å². The molecule has 0 saturated carbocycles. The molecule has 1 heterocycles. The number of hydrogen-bond donors (Lipinski definition) is 1. The molecule has 0 aliphatic heterocycles. The molecule has 4 heteroatoms. The molecule has 0 radical (unpaired) electrons. The van der Waals surface area contributed by atoms with E-state index in [1.54, 1.807) is 6.20 Å². The molecule has 1 amide bonds. The first kappa shape index (κ1) is 14.6. The number of ether oxygens (including phenoxy) is 1. The number of nitrogens with zero attached hydrogens (tertiary/aromatic N) is 1. The van der Waals surface area contributed by atoms with E-state index in [1.807, 2.05) is 26.0 Å². The Kier molecular flexibility index (Phi) is 5.16. The minimum Gasteiger partial charge on any atom is -0.475 e. The zero-order valence-corrected chi connectivity index (χ0v) is 12.1. The van der Waals surface area contributed by atoms with Crippen molar-refractivity contribution < 1.29 is 9.53 Å². The van der Waals surface area contributed by atoms with Crippen molar-refractivity contribution in [3.8, 4) is 5.88 Å². The fraction of sp³-hybridized carbons (Fsp3) is 0.500. The molecular formula is C16H22N2O2. The molecule has 1 atom stereocenters. The number of allylic oxidation sites excluding steroid dienone is 2. The summed E-state index contributed by atoms with van der Waals surface area (Å²) in [5.41, 5.74) is 0.913. The van der Waals surface area contributed by atoms with Crippen LogP contribution in [0.25, 0.3) is 0 Å². The minimum atomic E-state index is 0.0722. The third-order valence-corrected chi connectivity index (χ3v) is 3.23. The van der Waals surface area contributed by atoms with Crippen LogP contribution < -0.4 is 10.1 Å². The molecule has 0 aromatic carbocycles. The van der Waals surface area contributed by atoms with Crippen LogP contribution in [-0.4, -0.2) is 17.0 Å². The van der Waals surface area contributed by atoms with Crippen LogP contribution in [0.3, 0.4) is 0 Å². The van der Waals surface area contributed by atoms with E-state index in [2.05, 4.69) is 22.5 Å². The molecule has 4 nitrogen and oxygen atoms in total. The highest BCUT2D eigenvalue weighted by molar-refractivity contribution is 5.76. The predicted octanol–water partition coefficient (Wildman–Crippen LogP) is 2.84. The number of carbonyl (C=O) groups is 1. The monoisotopic (exact) mass is 274 g/mol. The lowest BCUT2D eigenvalue weighted by atomic mass is 10.1. The number of pyridine rings is 1. The SMILES string of the molecule is CC(C)Oc1ncccc1CNC(=O)CC1C=CCC1. The van der Waals surface area contributed by atoms with Crippen LogP contribution in [0.2, 0.25) is 0 Å². The van der Waals surface area contributed by atoms with Gasteiger partial charge in [-0.15, -0.1) is 0 Å². The topological polar surface area (TPSA) is 51.2 Å². The Balaban J connectivity index is 1.86. The molecule has 20 heavy (non-hydrogen) atoms. The highest BCUT2D eigenvalue weighted by Gasteiger charge is 2.14. The van der Waals surface area contributed by atoms with E-state index in [9.17, 15) is 4.79 Å². The summed E-state index contributed by atoms with van der Waals surface area (Å²) in [7, 11) is 0. The number of hydrogen-bond acceptors (Lipinski definition) is 3. The van der Waals surface area contributed by atoms with Crippen molar-refractivity contribution in [2.75, 3.05) is 0 Å². The second-order valence-electron chi connectivity index (χ2n) is 5.38. The summed E-state index contributed by atoms with van der Waals surface area (Å²) >= 11 is 0. The minimum absolute atomic E-state index is 0.0722. The number of carbonyl (C=O) groups excluding carboxylic acids is 1. The van der Waals surface area contributed by atoms with E-state index in [0.717, 1.165) is 18.4 Å². The standard InChI is InChI=1S/C16H22N2O2/c1-12(2)20-16-14(8-5-9-17-16)11-18-15(19)10-13-6-3-4-7-13/h3,5-6,8-9,12-13H,4,7,10-11H2,1-2H3,(H,18,19). The third-order valence-electron chi connectivity index (χ3n) is 3.23. The predicted molar refractivity (Wildman–Crippen MR) is 78.3 cm³/mol. The van der Waals surface area contributed by atoms with Gasteiger partial charge >= 0.3 is 0 Å². The van der Waals surface area contributed by atoms with Crippen molar-refractivity contribution in [3.05, 3.63) is 36.0 Å². The van der Waals surface area contributed by atoms with Crippen LogP contribution in [0.15, 0.2) is 30.5 Å². The Morgan fingerprint density at radius 2 is 2.40 bits per heavy atom. The summed E-state index contributed by atoms with van der Waals surface area (Å²) in [4.78, 5) is 16.1. The van der Waals surface area contributed by atoms with Crippen molar-refractivity contribution in [1.82, 2.24) is 10.3 Å². The Bertz CT molecular complexity index is 483. The van der Waals surface area contributed by atoms with Crippen LogP contribution in [0.4, 0.5) is 0 Å². The van der Waals surface area contributed by atoms with Crippen molar-refractivity contribution in [1.29, 1.82) is 0 Å². The molecular weight excluding hydrogens is 252 g/mol. The van der Waals surface area contributed by atoms with E-state index in [4.69, 9.17) is 4.74 Å². The van der Waals surface area contributed by atoms with Gasteiger partial charge in [-0.25, -0.2) is 4.98 Å². The van der Waals surface area contributed by atoms with Crippen molar-refractivity contribution in [3.63, 3.8) is 0 Å². The van der Waals surface area contributed by atoms with E-state index < -0.39 is 0 Å². The van der Waals surface area contributed by atoms with Crippen molar-refractivity contribution >= 4 is 5.91 Å². The first-order valence-corrected chi connectivity index (χ1v) is 7.19. The average Bonchev–Trinajstić information content (AvgIpc) is 2.90. The number of amides is 1. The molecule has 108 valence electrons. The van der Waals surface area contributed by atoms with Crippen LogP contribution in [0.5, 0.6) is 5.88 Å². The van der Waals surface area contributed by atoms with Crippen LogP contribution >= 0.6 is 0 Å². The summed E-state index contributed by atoms with van der Waals surface area (Å²) in [6.07, 6.45) is 8.80. The van der Waals surface area contributed by atoms with Gasteiger partial charge in [0.2, 0.25) is 11.8 Å². The highest BCUT2D eigenvalue weighted by Crippen LogP contribution is 2.20. The molecule has 1 aliphatic carbocycles. The highest BCUT2D eigenvalue weighted by atomic mass is 16.5. The second kappa shape index (κ2) is 7.08. The van der Waals surface area contributed by atoms with Gasteiger partial charge in [-0.1, -0.05) is 18.2 Å². The molecule has 1 aromatic heterocycles. The van der Waals surface area contributed by atoms with Crippen LogP contribution in [-0.2, 0) is 11.3 Å². The van der Waals surface area contributed by atoms with Gasteiger partial charge in [0.15, 0.2) is 0 Å². The number of rotatable bonds is 6. The molecule has 1 unspecified atom stereocenters. The lowest BCUT2D eigenvalue weighted by Crippen LogP contribution is -2.25. The second-order valence-corrected chi connectivity index (χ2v) is 5.38. The van der Waals surface area contributed by atoms with Crippen molar-refractivity contribution in [2.45, 2.75) is 45.8 Å². The first-order valence-electron chi connectivity index (χ1n) is 7.19. The maximum Gasteiger partial charge on any atom is 0.220 e. The maximum atomic E-state index is 11.9. The van der Waals surface area contributed by atoms with Gasteiger partial charge < -0.3 is 10.1 Å². The fourth-order valence-corrected chi connectivity index (χ4v) is 2.26. The largest absolute Gasteiger partial charge is 0.475 e. The molecule has 0 bridgehead atoms. The fourth-order valence-electron chi connectivity index (χ4n) is 2.26. The van der Waals surface area contributed by atoms with E-state index >= 15 is 0 Å². The summed E-state index contributed by atoms with van der Waals surface area (Å²) < 4.78 is 5.64. The van der Waals surface area contributed by atoms with Gasteiger partial charge in [0.05, 0.1) is 6.10 Å². The Labute approximate surface area is 120 Å².